The average Bonchev–Trinajstić information content (AvgIpc) is 2.12. The van der Waals surface area contributed by atoms with E-state index in [1.165, 1.54) is 12.0 Å². The average molecular weight is 256 g/mol. The summed E-state index contributed by atoms with van der Waals surface area (Å²) in [4.78, 5) is 6.64. The maximum atomic E-state index is 5.66. The van der Waals surface area contributed by atoms with Crippen LogP contribution in [-0.4, -0.2) is 24.1 Å². The number of rotatable bonds is 2. The second-order valence-electron chi connectivity index (χ2n) is 3.64. The molecule has 1 unspecified atom stereocenters. The molecule has 3 nitrogen and oxygen atoms in total. The number of aryl methyl sites for hydroxylation is 1. The van der Waals surface area contributed by atoms with E-state index in [1.54, 1.807) is 0 Å². The van der Waals surface area contributed by atoms with Gasteiger partial charge in [0, 0.05) is 25.3 Å². The molecule has 0 spiro atoms. The number of pyridine rings is 1. The lowest BCUT2D eigenvalue weighted by Crippen LogP contribution is -2.52. The molecule has 2 N–H and O–H groups in total. The second kappa shape index (κ2) is 3.87. The molecule has 1 aromatic heterocycles. The molecule has 1 aliphatic heterocycles. The SMILES string of the molecule is Cc1ccnc(N2CCC2CN)c1Br. The van der Waals surface area contributed by atoms with E-state index in [-0.39, 0.29) is 0 Å². The predicted molar refractivity (Wildman–Crippen MR) is 61.5 cm³/mol. The fraction of sp³-hybridized carbons (Fsp3) is 0.500. The van der Waals surface area contributed by atoms with Gasteiger partial charge >= 0.3 is 0 Å². The van der Waals surface area contributed by atoms with Gasteiger partial charge in [-0.15, -0.1) is 0 Å². The van der Waals surface area contributed by atoms with Crippen molar-refractivity contribution in [2.45, 2.75) is 19.4 Å². The van der Waals surface area contributed by atoms with Crippen LogP contribution < -0.4 is 10.6 Å². The third kappa shape index (κ3) is 1.53. The van der Waals surface area contributed by atoms with Gasteiger partial charge < -0.3 is 10.6 Å². The number of hydrogen-bond acceptors (Lipinski definition) is 3. The van der Waals surface area contributed by atoms with Crippen molar-refractivity contribution in [3.8, 4) is 0 Å². The van der Waals surface area contributed by atoms with Crippen molar-refractivity contribution in [3.63, 3.8) is 0 Å². The van der Waals surface area contributed by atoms with Crippen molar-refractivity contribution in [1.29, 1.82) is 0 Å². The molecule has 0 bridgehead atoms. The molecule has 2 heterocycles. The van der Waals surface area contributed by atoms with Crippen LogP contribution in [0.2, 0.25) is 0 Å². The zero-order valence-electron chi connectivity index (χ0n) is 8.20. The first-order valence-electron chi connectivity index (χ1n) is 4.82. The summed E-state index contributed by atoms with van der Waals surface area (Å²) in [5.41, 5.74) is 6.88. The van der Waals surface area contributed by atoms with Crippen molar-refractivity contribution < 1.29 is 0 Å². The third-order valence-electron chi connectivity index (χ3n) is 2.75. The van der Waals surface area contributed by atoms with Gasteiger partial charge in [0.2, 0.25) is 0 Å². The number of nitrogens with two attached hydrogens (primary N) is 1. The molecule has 1 saturated heterocycles. The van der Waals surface area contributed by atoms with E-state index < -0.39 is 0 Å². The summed E-state index contributed by atoms with van der Waals surface area (Å²) in [5, 5.41) is 0. The van der Waals surface area contributed by atoms with Crippen LogP contribution in [-0.2, 0) is 0 Å². The first-order chi connectivity index (χ1) is 6.74. The van der Waals surface area contributed by atoms with Crippen molar-refractivity contribution >= 4 is 21.7 Å². The van der Waals surface area contributed by atoms with E-state index in [1.807, 2.05) is 12.3 Å². The van der Waals surface area contributed by atoms with Crippen LogP contribution in [0.4, 0.5) is 5.82 Å². The molecular formula is C10H14BrN3. The molecule has 1 aromatic rings. The van der Waals surface area contributed by atoms with Gasteiger partial charge in [-0.1, -0.05) is 0 Å². The molecule has 0 saturated carbocycles. The summed E-state index contributed by atoms with van der Waals surface area (Å²) < 4.78 is 1.10. The van der Waals surface area contributed by atoms with E-state index in [9.17, 15) is 0 Å². The number of anilines is 1. The van der Waals surface area contributed by atoms with Gasteiger partial charge in [-0.25, -0.2) is 4.98 Å². The van der Waals surface area contributed by atoms with E-state index in [2.05, 4.69) is 32.7 Å². The van der Waals surface area contributed by atoms with Crippen LogP contribution in [0, 0.1) is 6.92 Å². The normalized spacial score (nSPS) is 20.8. The van der Waals surface area contributed by atoms with Gasteiger partial charge in [-0.2, -0.15) is 0 Å². The van der Waals surface area contributed by atoms with Gasteiger partial charge in [0.15, 0.2) is 0 Å². The van der Waals surface area contributed by atoms with Gasteiger partial charge in [0.25, 0.3) is 0 Å². The van der Waals surface area contributed by atoms with E-state index >= 15 is 0 Å². The minimum Gasteiger partial charge on any atom is -0.351 e. The second-order valence-corrected chi connectivity index (χ2v) is 4.43. The Hall–Kier alpha value is -0.610. The molecule has 0 amide bonds. The molecule has 14 heavy (non-hydrogen) atoms. The van der Waals surface area contributed by atoms with Crippen LogP contribution in [0.3, 0.4) is 0 Å². The maximum Gasteiger partial charge on any atom is 0.143 e. The Morgan fingerprint density at radius 1 is 1.71 bits per heavy atom. The topological polar surface area (TPSA) is 42.2 Å². The maximum absolute atomic E-state index is 5.66. The zero-order valence-corrected chi connectivity index (χ0v) is 9.79. The Kier molecular flexibility index (Phi) is 2.74. The van der Waals surface area contributed by atoms with Crippen LogP contribution in [0.1, 0.15) is 12.0 Å². The third-order valence-corrected chi connectivity index (χ3v) is 3.73. The fourth-order valence-corrected chi connectivity index (χ4v) is 2.15. The first-order valence-corrected chi connectivity index (χ1v) is 5.61. The minimum atomic E-state index is 0.473. The Labute approximate surface area is 92.4 Å². The molecule has 2 rings (SSSR count). The molecule has 0 aliphatic carbocycles. The van der Waals surface area contributed by atoms with E-state index in [4.69, 9.17) is 5.73 Å². The molecule has 0 aromatic carbocycles. The summed E-state index contributed by atoms with van der Waals surface area (Å²) in [7, 11) is 0. The molecule has 1 aliphatic rings. The standard InChI is InChI=1S/C10H14BrN3/c1-7-2-4-13-10(9(7)11)14-5-3-8(14)6-12/h2,4,8H,3,5-6,12H2,1H3. The summed E-state index contributed by atoms with van der Waals surface area (Å²) in [6.07, 6.45) is 3.03. The fourth-order valence-electron chi connectivity index (χ4n) is 1.69. The van der Waals surface area contributed by atoms with Crippen LogP contribution >= 0.6 is 15.9 Å². The number of aromatic nitrogens is 1. The van der Waals surface area contributed by atoms with Crippen LogP contribution in [0.5, 0.6) is 0 Å². The molecule has 0 radical (unpaired) electrons. The van der Waals surface area contributed by atoms with Gasteiger partial charge in [-0.05, 0) is 40.9 Å². The molecule has 1 fully saturated rings. The van der Waals surface area contributed by atoms with Crippen molar-refractivity contribution in [2.75, 3.05) is 18.0 Å². The van der Waals surface area contributed by atoms with E-state index in [0.717, 1.165) is 16.8 Å². The Morgan fingerprint density at radius 3 is 3.07 bits per heavy atom. The molecule has 76 valence electrons. The Morgan fingerprint density at radius 2 is 2.50 bits per heavy atom. The highest BCUT2D eigenvalue weighted by atomic mass is 79.9. The molecule has 1 atom stereocenters. The summed E-state index contributed by atoms with van der Waals surface area (Å²) >= 11 is 3.57. The number of hydrogen-bond donors (Lipinski definition) is 1. The summed E-state index contributed by atoms with van der Waals surface area (Å²) in [6, 6.07) is 2.48. The van der Waals surface area contributed by atoms with Gasteiger partial charge in [-0.3, -0.25) is 0 Å². The number of halogens is 1. The lowest BCUT2D eigenvalue weighted by atomic mass is 10.0. The Bertz CT molecular complexity index is 338. The van der Waals surface area contributed by atoms with E-state index in [0.29, 0.717) is 12.6 Å². The smallest absolute Gasteiger partial charge is 0.143 e. The van der Waals surface area contributed by atoms with Gasteiger partial charge in [0.05, 0.1) is 4.47 Å². The highest BCUT2D eigenvalue weighted by Crippen LogP contribution is 2.32. The summed E-state index contributed by atoms with van der Waals surface area (Å²) in [5.74, 6) is 1.03. The minimum absolute atomic E-state index is 0.473. The van der Waals surface area contributed by atoms with Crippen LogP contribution in [0.25, 0.3) is 0 Å². The number of nitrogens with zero attached hydrogens (tertiary/aromatic N) is 2. The monoisotopic (exact) mass is 255 g/mol. The Balaban J connectivity index is 2.28. The summed E-state index contributed by atoms with van der Waals surface area (Å²) in [6.45, 7) is 3.85. The van der Waals surface area contributed by atoms with Crippen molar-refractivity contribution in [1.82, 2.24) is 4.98 Å². The predicted octanol–water partition coefficient (Wildman–Crippen LogP) is 1.69. The highest BCUT2D eigenvalue weighted by Gasteiger charge is 2.29. The lowest BCUT2D eigenvalue weighted by Gasteiger charge is -2.41. The van der Waals surface area contributed by atoms with Gasteiger partial charge in [0.1, 0.15) is 5.82 Å². The lowest BCUT2D eigenvalue weighted by molar-refractivity contribution is 0.451. The largest absolute Gasteiger partial charge is 0.351 e. The van der Waals surface area contributed by atoms with Crippen molar-refractivity contribution in [3.05, 3.63) is 22.3 Å². The molecule has 4 heteroatoms. The first kappa shape index (κ1) is 9.93. The van der Waals surface area contributed by atoms with Crippen molar-refractivity contribution in [2.24, 2.45) is 5.73 Å². The van der Waals surface area contributed by atoms with Crippen LogP contribution in [0.15, 0.2) is 16.7 Å². The highest BCUT2D eigenvalue weighted by molar-refractivity contribution is 9.10. The quantitative estimate of drug-likeness (QED) is 0.875. The zero-order chi connectivity index (χ0) is 10.1. The molecular weight excluding hydrogens is 242 g/mol.